The summed E-state index contributed by atoms with van der Waals surface area (Å²) in [6.07, 6.45) is 0. The van der Waals surface area contributed by atoms with Gasteiger partial charge in [-0.25, -0.2) is 0 Å². The SMILES string of the molecule is Cc1cc(NC(=O)CN2CCN(Cc3ccccc3C)C(=O)C2=O)no1. The number of aromatic nitrogens is 1. The molecule has 1 N–H and O–H groups in total. The summed E-state index contributed by atoms with van der Waals surface area (Å²) in [5.74, 6) is -0.839. The summed E-state index contributed by atoms with van der Waals surface area (Å²) in [4.78, 5) is 39.5. The van der Waals surface area contributed by atoms with E-state index in [1.807, 2.05) is 31.2 Å². The summed E-state index contributed by atoms with van der Waals surface area (Å²) in [6.45, 7) is 4.55. The van der Waals surface area contributed by atoms with Crippen LogP contribution >= 0.6 is 0 Å². The van der Waals surface area contributed by atoms with Gasteiger partial charge in [-0.2, -0.15) is 0 Å². The number of anilines is 1. The van der Waals surface area contributed by atoms with E-state index in [0.29, 0.717) is 25.4 Å². The van der Waals surface area contributed by atoms with Crippen LogP contribution in [0.4, 0.5) is 5.82 Å². The third kappa shape index (κ3) is 3.90. The lowest BCUT2D eigenvalue weighted by Gasteiger charge is -2.33. The molecule has 0 radical (unpaired) electrons. The Kier molecular flexibility index (Phi) is 5.01. The summed E-state index contributed by atoms with van der Waals surface area (Å²) in [7, 11) is 0. The van der Waals surface area contributed by atoms with Crippen LogP contribution < -0.4 is 5.32 Å². The predicted octanol–water partition coefficient (Wildman–Crippen LogP) is 1.10. The summed E-state index contributed by atoms with van der Waals surface area (Å²) in [5, 5.41) is 6.21. The average molecular weight is 356 g/mol. The molecule has 0 unspecified atom stereocenters. The smallest absolute Gasteiger partial charge is 0.312 e. The molecule has 1 aromatic heterocycles. The molecule has 1 fully saturated rings. The molecule has 1 aliphatic heterocycles. The third-order valence-corrected chi connectivity index (χ3v) is 4.25. The van der Waals surface area contributed by atoms with Gasteiger partial charge in [0.05, 0.1) is 0 Å². The molecule has 26 heavy (non-hydrogen) atoms. The summed E-state index contributed by atoms with van der Waals surface area (Å²) in [5.41, 5.74) is 2.07. The summed E-state index contributed by atoms with van der Waals surface area (Å²) < 4.78 is 4.87. The van der Waals surface area contributed by atoms with Gasteiger partial charge in [0.1, 0.15) is 12.3 Å². The second-order valence-electron chi connectivity index (χ2n) is 6.25. The lowest BCUT2D eigenvalue weighted by molar-refractivity contribution is -0.157. The summed E-state index contributed by atoms with van der Waals surface area (Å²) in [6, 6.07) is 9.31. The molecule has 1 saturated heterocycles. The highest BCUT2D eigenvalue weighted by Gasteiger charge is 2.33. The maximum Gasteiger partial charge on any atom is 0.312 e. The first-order valence-electron chi connectivity index (χ1n) is 8.30. The largest absolute Gasteiger partial charge is 0.360 e. The maximum absolute atomic E-state index is 12.4. The second kappa shape index (κ2) is 7.38. The van der Waals surface area contributed by atoms with Gasteiger partial charge >= 0.3 is 11.8 Å². The molecular formula is C18H20N4O4. The lowest BCUT2D eigenvalue weighted by atomic mass is 10.1. The zero-order chi connectivity index (χ0) is 18.7. The first-order valence-corrected chi connectivity index (χ1v) is 8.30. The van der Waals surface area contributed by atoms with Gasteiger partial charge in [0.15, 0.2) is 5.82 Å². The number of amides is 3. The van der Waals surface area contributed by atoms with Crippen LogP contribution in [0.3, 0.4) is 0 Å². The number of carbonyl (C=O) groups excluding carboxylic acids is 3. The van der Waals surface area contributed by atoms with Crippen molar-refractivity contribution in [3.8, 4) is 0 Å². The van der Waals surface area contributed by atoms with Gasteiger partial charge in [0.2, 0.25) is 5.91 Å². The number of hydrogen-bond donors (Lipinski definition) is 1. The number of hydrogen-bond acceptors (Lipinski definition) is 5. The predicted molar refractivity (Wildman–Crippen MR) is 93.0 cm³/mol. The van der Waals surface area contributed by atoms with Crippen LogP contribution in [-0.2, 0) is 20.9 Å². The fraction of sp³-hybridized carbons (Fsp3) is 0.333. The van der Waals surface area contributed by atoms with Crippen molar-refractivity contribution in [1.82, 2.24) is 15.0 Å². The lowest BCUT2D eigenvalue weighted by Crippen LogP contribution is -2.55. The molecule has 0 spiro atoms. The van der Waals surface area contributed by atoms with Crippen LogP contribution in [0.5, 0.6) is 0 Å². The number of piperazine rings is 1. The molecule has 1 aromatic carbocycles. The van der Waals surface area contributed by atoms with E-state index < -0.39 is 17.7 Å². The number of nitrogens with zero attached hydrogens (tertiary/aromatic N) is 3. The Balaban J connectivity index is 1.58. The Bertz CT molecular complexity index is 845. The Hall–Kier alpha value is -3.16. The molecular weight excluding hydrogens is 336 g/mol. The van der Waals surface area contributed by atoms with Crippen LogP contribution in [0.25, 0.3) is 0 Å². The highest BCUT2D eigenvalue weighted by atomic mass is 16.5. The van der Waals surface area contributed by atoms with Crippen molar-refractivity contribution in [3.63, 3.8) is 0 Å². The first kappa shape index (κ1) is 17.7. The zero-order valence-corrected chi connectivity index (χ0v) is 14.7. The standard InChI is InChI=1S/C18H20N4O4/c1-12-5-3-4-6-14(12)10-21-7-8-22(18(25)17(21)24)11-16(23)19-15-9-13(2)26-20-15/h3-6,9H,7-8,10-11H2,1-2H3,(H,19,20,23). The fourth-order valence-electron chi connectivity index (χ4n) is 2.79. The minimum absolute atomic E-state index is 0.200. The van der Waals surface area contributed by atoms with Crippen molar-refractivity contribution < 1.29 is 18.9 Å². The van der Waals surface area contributed by atoms with Crippen LogP contribution in [0.2, 0.25) is 0 Å². The Morgan fingerprint density at radius 3 is 2.54 bits per heavy atom. The molecule has 8 nitrogen and oxygen atoms in total. The number of carbonyl (C=O) groups is 3. The van der Waals surface area contributed by atoms with E-state index in [4.69, 9.17) is 4.52 Å². The molecule has 8 heteroatoms. The molecule has 1 aliphatic rings. The molecule has 0 saturated carbocycles. The minimum Gasteiger partial charge on any atom is -0.360 e. The monoisotopic (exact) mass is 356 g/mol. The van der Waals surface area contributed by atoms with Crippen molar-refractivity contribution in [1.29, 1.82) is 0 Å². The molecule has 0 bridgehead atoms. The quantitative estimate of drug-likeness (QED) is 0.810. The van der Waals surface area contributed by atoms with Gasteiger partial charge in [-0.1, -0.05) is 29.4 Å². The molecule has 0 atom stereocenters. The van der Waals surface area contributed by atoms with Crippen LogP contribution in [0, 0.1) is 13.8 Å². The van der Waals surface area contributed by atoms with Crippen molar-refractivity contribution in [3.05, 3.63) is 47.2 Å². The third-order valence-electron chi connectivity index (χ3n) is 4.25. The molecule has 2 aromatic rings. The van der Waals surface area contributed by atoms with Gasteiger partial charge in [0.25, 0.3) is 0 Å². The normalized spacial score (nSPS) is 14.7. The Morgan fingerprint density at radius 1 is 1.15 bits per heavy atom. The van der Waals surface area contributed by atoms with E-state index in [9.17, 15) is 14.4 Å². The Morgan fingerprint density at radius 2 is 1.85 bits per heavy atom. The van der Waals surface area contributed by atoms with Crippen molar-refractivity contribution in [2.75, 3.05) is 25.0 Å². The van der Waals surface area contributed by atoms with E-state index >= 15 is 0 Å². The first-order chi connectivity index (χ1) is 12.4. The van der Waals surface area contributed by atoms with Gasteiger partial charge in [-0.15, -0.1) is 0 Å². The van der Waals surface area contributed by atoms with Gasteiger partial charge < -0.3 is 19.6 Å². The van der Waals surface area contributed by atoms with Crippen LogP contribution in [0.15, 0.2) is 34.9 Å². The highest BCUT2D eigenvalue weighted by Crippen LogP contribution is 2.14. The molecule has 0 aliphatic carbocycles. The average Bonchev–Trinajstić information content (AvgIpc) is 3.01. The minimum atomic E-state index is -0.670. The van der Waals surface area contributed by atoms with Crippen molar-refractivity contribution >= 4 is 23.5 Å². The molecule has 2 heterocycles. The number of aryl methyl sites for hydroxylation is 2. The van der Waals surface area contributed by atoms with Crippen LogP contribution in [0.1, 0.15) is 16.9 Å². The van der Waals surface area contributed by atoms with E-state index in [2.05, 4.69) is 10.5 Å². The molecule has 136 valence electrons. The number of rotatable bonds is 5. The van der Waals surface area contributed by atoms with E-state index in [-0.39, 0.29) is 12.4 Å². The van der Waals surface area contributed by atoms with Crippen molar-refractivity contribution in [2.45, 2.75) is 20.4 Å². The topological polar surface area (TPSA) is 95.8 Å². The molecule has 3 amide bonds. The van der Waals surface area contributed by atoms with Gasteiger partial charge in [-0.05, 0) is 25.0 Å². The van der Waals surface area contributed by atoms with E-state index in [1.165, 1.54) is 9.80 Å². The van der Waals surface area contributed by atoms with Gasteiger partial charge in [0, 0.05) is 25.7 Å². The summed E-state index contributed by atoms with van der Waals surface area (Å²) >= 11 is 0. The maximum atomic E-state index is 12.4. The van der Waals surface area contributed by atoms with E-state index in [1.54, 1.807) is 13.0 Å². The fourth-order valence-corrected chi connectivity index (χ4v) is 2.79. The second-order valence-corrected chi connectivity index (χ2v) is 6.25. The number of nitrogens with one attached hydrogen (secondary N) is 1. The molecule has 3 rings (SSSR count). The zero-order valence-electron chi connectivity index (χ0n) is 14.7. The van der Waals surface area contributed by atoms with Gasteiger partial charge in [-0.3, -0.25) is 14.4 Å². The number of benzene rings is 1. The Labute approximate surface area is 150 Å². The van der Waals surface area contributed by atoms with E-state index in [0.717, 1.165) is 11.1 Å². The highest BCUT2D eigenvalue weighted by molar-refractivity contribution is 6.35. The van der Waals surface area contributed by atoms with Crippen molar-refractivity contribution in [2.24, 2.45) is 0 Å². The van der Waals surface area contributed by atoms with Crippen LogP contribution in [-0.4, -0.2) is 52.3 Å².